The summed E-state index contributed by atoms with van der Waals surface area (Å²) in [7, 11) is 0. The lowest BCUT2D eigenvalue weighted by Gasteiger charge is -2.25. The van der Waals surface area contributed by atoms with Crippen molar-refractivity contribution in [3.8, 4) is 0 Å². The number of hydrogen-bond acceptors (Lipinski definition) is 5. The predicted octanol–water partition coefficient (Wildman–Crippen LogP) is 5.12. The summed E-state index contributed by atoms with van der Waals surface area (Å²) >= 11 is 1.42. The summed E-state index contributed by atoms with van der Waals surface area (Å²) < 4.78 is 15.2. The van der Waals surface area contributed by atoms with Crippen molar-refractivity contribution in [3.63, 3.8) is 0 Å². The first-order chi connectivity index (χ1) is 15.7. The summed E-state index contributed by atoms with van der Waals surface area (Å²) in [5, 5.41) is 5.52. The van der Waals surface area contributed by atoms with E-state index in [2.05, 4.69) is 15.2 Å². The Morgan fingerprint density at radius 2 is 1.97 bits per heavy atom. The molecule has 32 heavy (non-hydrogen) atoms. The number of aromatic nitrogens is 3. The molecule has 5 rings (SSSR count). The minimum atomic E-state index is -0.239. The highest BCUT2D eigenvalue weighted by molar-refractivity contribution is 7.14. The molecule has 0 spiro atoms. The van der Waals surface area contributed by atoms with E-state index in [0.29, 0.717) is 17.4 Å². The quantitative estimate of drug-likeness (QED) is 0.446. The van der Waals surface area contributed by atoms with Gasteiger partial charge in [0.25, 0.3) is 5.91 Å². The summed E-state index contributed by atoms with van der Waals surface area (Å²) in [6.45, 7) is 1.49. The van der Waals surface area contributed by atoms with Crippen molar-refractivity contribution in [1.82, 2.24) is 14.5 Å². The molecule has 1 N–H and O–H groups in total. The largest absolute Gasteiger partial charge is 0.363 e. The molecule has 1 aliphatic rings. The molecule has 1 saturated heterocycles. The summed E-state index contributed by atoms with van der Waals surface area (Å²) in [5.74, 6) is -0.427. The van der Waals surface area contributed by atoms with E-state index >= 15 is 0 Å². The number of nitrogens with zero attached hydrogens (tertiary/aromatic N) is 4. The summed E-state index contributed by atoms with van der Waals surface area (Å²) in [6, 6.07) is 14.2. The van der Waals surface area contributed by atoms with Gasteiger partial charge in [0.15, 0.2) is 5.13 Å². The van der Waals surface area contributed by atoms with Gasteiger partial charge in [-0.05, 0) is 66.9 Å². The predicted molar refractivity (Wildman–Crippen MR) is 124 cm³/mol. The van der Waals surface area contributed by atoms with Gasteiger partial charge in [-0.15, -0.1) is 11.3 Å². The number of pyridine rings is 1. The third-order valence-corrected chi connectivity index (χ3v) is 6.44. The molecule has 6 nitrogen and oxygen atoms in total. The first-order valence-electron chi connectivity index (χ1n) is 10.5. The SMILES string of the molecule is O=C(Nc1nc([C@H]2CCCN2c2ccc(F)cc2)cs1)c1cccn1Cc1ccncc1. The standard InChI is InChI=1S/C24H22FN5OS/c25-18-5-7-19(8-6-18)30-14-2-3-21(30)20-16-32-24(27-20)28-23(31)22-4-1-13-29(22)15-17-9-11-26-12-10-17/h1,4-13,16,21H,2-3,14-15H2,(H,27,28,31)/t21-/m1/s1. The van der Waals surface area contributed by atoms with E-state index in [1.165, 1.54) is 23.5 Å². The number of nitrogens with one attached hydrogen (secondary N) is 1. The molecule has 1 fully saturated rings. The molecule has 1 atom stereocenters. The van der Waals surface area contributed by atoms with Gasteiger partial charge in [-0.2, -0.15) is 0 Å². The van der Waals surface area contributed by atoms with Crippen LogP contribution in [0.5, 0.6) is 0 Å². The van der Waals surface area contributed by atoms with E-state index in [9.17, 15) is 9.18 Å². The van der Waals surface area contributed by atoms with E-state index < -0.39 is 0 Å². The first-order valence-corrected chi connectivity index (χ1v) is 11.4. The van der Waals surface area contributed by atoms with Crippen LogP contribution in [0.4, 0.5) is 15.2 Å². The lowest BCUT2D eigenvalue weighted by atomic mass is 10.1. The summed E-state index contributed by atoms with van der Waals surface area (Å²) in [5.41, 5.74) is 3.57. The molecule has 162 valence electrons. The zero-order chi connectivity index (χ0) is 21.9. The van der Waals surface area contributed by atoms with Crippen LogP contribution in [0, 0.1) is 5.82 Å². The maximum absolute atomic E-state index is 13.3. The van der Waals surface area contributed by atoms with E-state index in [4.69, 9.17) is 4.98 Å². The Labute approximate surface area is 189 Å². The highest BCUT2D eigenvalue weighted by atomic mass is 32.1. The van der Waals surface area contributed by atoms with Crippen molar-refractivity contribution in [3.05, 3.63) is 95.3 Å². The number of carbonyl (C=O) groups is 1. The second-order valence-electron chi connectivity index (χ2n) is 7.74. The third kappa shape index (κ3) is 4.27. The number of anilines is 2. The van der Waals surface area contributed by atoms with Gasteiger partial charge >= 0.3 is 0 Å². The molecular formula is C24H22FN5OS. The third-order valence-electron chi connectivity index (χ3n) is 5.66. The molecule has 3 aromatic heterocycles. The maximum Gasteiger partial charge on any atom is 0.274 e. The topological polar surface area (TPSA) is 63.1 Å². The Morgan fingerprint density at radius 3 is 2.78 bits per heavy atom. The van der Waals surface area contributed by atoms with Crippen molar-refractivity contribution in [1.29, 1.82) is 0 Å². The molecule has 4 heterocycles. The smallest absolute Gasteiger partial charge is 0.274 e. The fourth-order valence-corrected chi connectivity index (χ4v) is 4.87. The zero-order valence-corrected chi connectivity index (χ0v) is 18.1. The molecule has 0 bridgehead atoms. The van der Waals surface area contributed by atoms with Crippen LogP contribution in [0.1, 0.15) is 40.6 Å². The van der Waals surface area contributed by atoms with Crippen molar-refractivity contribution < 1.29 is 9.18 Å². The molecule has 1 aliphatic heterocycles. The van der Waals surface area contributed by atoms with Crippen LogP contribution < -0.4 is 10.2 Å². The van der Waals surface area contributed by atoms with Crippen LogP contribution in [0.25, 0.3) is 0 Å². The maximum atomic E-state index is 13.3. The van der Waals surface area contributed by atoms with Crippen molar-refractivity contribution >= 4 is 28.1 Å². The van der Waals surface area contributed by atoms with Gasteiger partial charge in [0, 0.05) is 42.7 Å². The molecule has 0 aliphatic carbocycles. The molecule has 0 saturated carbocycles. The monoisotopic (exact) mass is 447 g/mol. The van der Waals surface area contributed by atoms with E-state index in [0.717, 1.165) is 36.3 Å². The normalized spacial score (nSPS) is 15.8. The number of carbonyl (C=O) groups excluding carboxylic acids is 1. The number of halogens is 1. The Hall–Kier alpha value is -3.52. The minimum absolute atomic E-state index is 0.123. The number of rotatable bonds is 6. The number of thiazole rings is 1. The lowest BCUT2D eigenvalue weighted by molar-refractivity contribution is 0.101. The van der Waals surface area contributed by atoms with Crippen LogP contribution in [-0.2, 0) is 6.54 Å². The van der Waals surface area contributed by atoms with Crippen molar-refractivity contribution in [2.75, 3.05) is 16.8 Å². The zero-order valence-electron chi connectivity index (χ0n) is 17.3. The lowest BCUT2D eigenvalue weighted by Crippen LogP contribution is -2.23. The Bertz CT molecular complexity index is 1200. The van der Waals surface area contributed by atoms with E-state index in [1.54, 1.807) is 30.6 Å². The van der Waals surface area contributed by atoms with Gasteiger partial charge in [0.05, 0.1) is 11.7 Å². The highest BCUT2D eigenvalue weighted by Gasteiger charge is 2.28. The van der Waals surface area contributed by atoms with Gasteiger partial charge < -0.3 is 9.47 Å². The van der Waals surface area contributed by atoms with Crippen LogP contribution in [0.3, 0.4) is 0 Å². The molecule has 1 aromatic carbocycles. The average Bonchev–Trinajstić information content (AvgIpc) is 3.55. The Morgan fingerprint density at radius 1 is 1.16 bits per heavy atom. The van der Waals surface area contributed by atoms with Gasteiger partial charge in [0.2, 0.25) is 0 Å². The molecule has 0 radical (unpaired) electrons. The summed E-state index contributed by atoms with van der Waals surface area (Å²) in [6.07, 6.45) is 7.40. The fraction of sp³-hybridized carbons (Fsp3) is 0.208. The van der Waals surface area contributed by atoms with Gasteiger partial charge in [0.1, 0.15) is 11.5 Å². The van der Waals surface area contributed by atoms with Crippen LogP contribution in [0.2, 0.25) is 0 Å². The molecule has 8 heteroatoms. The molecule has 1 amide bonds. The second kappa shape index (κ2) is 8.92. The van der Waals surface area contributed by atoms with Crippen LogP contribution in [-0.4, -0.2) is 27.0 Å². The fourth-order valence-electron chi connectivity index (χ4n) is 4.12. The average molecular weight is 448 g/mol. The number of amides is 1. The molecule has 4 aromatic rings. The van der Waals surface area contributed by atoms with Crippen molar-refractivity contribution in [2.24, 2.45) is 0 Å². The summed E-state index contributed by atoms with van der Waals surface area (Å²) in [4.78, 5) is 23.9. The van der Waals surface area contributed by atoms with Crippen LogP contribution >= 0.6 is 11.3 Å². The second-order valence-corrected chi connectivity index (χ2v) is 8.59. The Kier molecular flexibility index (Phi) is 5.68. The molecule has 0 unspecified atom stereocenters. The molecular weight excluding hydrogens is 425 g/mol. The number of hydrogen-bond donors (Lipinski definition) is 1. The van der Waals surface area contributed by atoms with Crippen LogP contribution in [0.15, 0.2) is 72.5 Å². The van der Waals surface area contributed by atoms with Gasteiger partial charge in [-0.3, -0.25) is 15.1 Å². The minimum Gasteiger partial charge on any atom is -0.363 e. The van der Waals surface area contributed by atoms with Crippen molar-refractivity contribution in [2.45, 2.75) is 25.4 Å². The van der Waals surface area contributed by atoms with Gasteiger partial charge in [-0.25, -0.2) is 9.37 Å². The van der Waals surface area contributed by atoms with Gasteiger partial charge in [-0.1, -0.05) is 0 Å². The Balaban J connectivity index is 1.29. The van der Waals surface area contributed by atoms with E-state index in [1.807, 2.05) is 34.3 Å². The first kappa shape index (κ1) is 20.4. The highest BCUT2D eigenvalue weighted by Crippen LogP contribution is 2.37. The van der Waals surface area contributed by atoms with E-state index in [-0.39, 0.29) is 17.8 Å². The number of benzene rings is 1.